The van der Waals surface area contributed by atoms with Crippen LogP contribution in [-0.4, -0.2) is 18.0 Å². The first-order valence-electron chi connectivity index (χ1n) is 4.90. The monoisotopic (exact) mass is 197 g/mol. The number of rotatable bonds is 5. The van der Waals surface area contributed by atoms with Crippen LogP contribution in [0.3, 0.4) is 0 Å². The summed E-state index contributed by atoms with van der Waals surface area (Å²) in [5.74, 6) is -0.349. The molecule has 3 N–H and O–H groups in total. The molecule has 14 heavy (non-hydrogen) atoms. The Morgan fingerprint density at radius 2 is 2.29 bits per heavy atom. The Hall–Kier alpha value is -1.08. The fourth-order valence-electron chi connectivity index (χ4n) is 1.13. The third-order valence-corrected chi connectivity index (χ3v) is 2.08. The van der Waals surface area contributed by atoms with Crippen molar-refractivity contribution in [1.29, 1.82) is 5.26 Å². The summed E-state index contributed by atoms with van der Waals surface area (Å²) in [6.45, 7) is 5.82. The van der Waals surface area contributed by atoms with Crippen molar-refractivity contribution in [2.75, 3.05) is 6.54 Å². The summed E-state index contributed by atoms with van der Waals surface area (Å²) in [6, 6.07) is 2.05. The van der Waals surface area contributed by atoms with Gasteiger partial charge in [0.2, 0.25) is 5.91 Å². The molecular weight excluding hydrogens is 178 g/mol. The summed E-state index contributed by atoms with van der Waals surface area (Å²) in [7, 11) is 0. The van der Waals surface area contributed by atoms with Crippen molar-refractivity contribution >= 4 is 5.91 Å². The van der Waals surface area contributed by atoms with Crippen LogP contribution in [0.5, 0.6) is 0 Å². The molecule has 0 aliphatic carbocycles. The van der Waals surface area contributed by atoms with Crippen LogP contribution in [0.25, 0.3) is 0 Å². The van der Waals surface area contributed by atoms with Crippen molar-refractivity contribution < 1.29 is 4.79 Å². The van der Waals surface area contributed by atoms with E-state index in [-0.39, 0.29) is 11.8 Å². The Labute approximate surface area is 85.5 Å². The van der Waals surface area contributed by atoms with E-state index in [1.54, 1.807) is 13.8 Å². The van der Waals surface area contributed by atoms with E-state index < -0.39 is 5.54 Å². The predicted molar refractivity (Wildman–Crippen MR) is 55.3 cm³/mol. The topological polar surface area (TPSA) is 78.9 Å². The minimum Gasteiger partial charge on any atom is -0.353 e. The molecule has 0 aliphatic heterocycles. The molecule has 80 valence electrons. The highest BCUT2D eigenvalue weighted by atomic mass is 16.2. The van der Waals surface area contributed by atoms with Crippen LogP contribution >= 0.6 is 0 Å². The molecule has 0 heterocycles. The molecule has 0 spiro atoms. The summed E-state index contributed by atoms with van der Waals surface area (Å²) >= 11 is 0. The lowest BCUT2D eigenvalue weighted by Gasteiger charge is -2.23. The molecule has 0 aromatic carbocycles. The third kappa shape index (κ3) is 4.24. The van der Waals surface area contributed by atoms with E-state index in [2.05, 4.69) is 5.32 Å². The molecular formula is C10H19N3O. The van der Waals surface area contributed by atoms with Gasteiger partial charge in [-0.25, -0.2) is 0 Å². The van der Waals surface area contributed by atoms with E-state index in [4.69, 9.17) is 11.0 Å². The first-order valence-corrected chi connectivity index (χ1v) is 4.90. The normalized spacial score (nSPS) is 16.5. The second kappa shape index (κ2) is 5.61. The molecule has 2 atom stereocenters. The molecule has 0 saturated heterocycles. The van der Waals surface area contributed by atoms with Gasteiger partial charge >= 0.3 is 0 Å². The molecule has 0 bridgehead atoms. The zero-order chi connectivity index (χ0) is 11.2. The first kappa shape index (κ1) is 12.9. The Bertz CT molecular complexity index is 230. The average molecular weight is 197 g/mol. The molecule has 4 heteroatoms. The highest BCUT2D eigenvalue weighted by molar-refractivity contribution is 5.85. The molecule has 0 aliphatic rings. The van der Waals surface area contributed by atoms with Crippen LogP contribution in [0.1, 0.15) is 33.6 Å². The van der Waals surface area contributed by atoms with E-state index in [0.29, 0.717) is 13.0 Å². The number of nitriles is 1. The molecule has 0 aromatic heterocycles. The van der Waals surface area contributed by atoms with Crippen molar-refractivity contribution in [3.05, 3.63) is 0 Å². The van der Waals surface area contributed by atoms with Crippen molar-refractivity contribution in [3.8, 4) is 6.07 Å². The number of nitrogens with one attached hydrogen (secondary N) is 1. The van der Waals surface area contributed by atoms with Crippen molar-refractivity contribution in [2.45, 2.75) is 39.2 Å². The van der Waals surface area contributed by atoms with Gasteiger partial charge in [-0.1, -0.05) is 13.3 Å². The molecule has 0 rings (SSSR count). The van der Waals surface area contributed by atoms with Crippen LogP contribution in [-0.2, 0) is 4.79 Å². The molecule has 1 amide bonds. The van der Waals surface area contributed by atoms with Crippen molar-refractivity contribution in [3.63, 3.8) is 0 Å². The number of carbonyl (C=O) groups is 1. The maximum absolute atomic E-state index is 11.5. The molecule has 0 saturated carbocycles. The number of nitrogens with zero attached hydrogens (tertiary/aromatic N) is 1. The van der Waals surface area contributed by atoms with E-state index in [0.717, 1.165) is 6.42 Å². The van der Waals surface area contributed by atoms with Gasteiger partial charge < -0.3 is 11.1 Å². The summed E-state index contributed by atoms with van der Waals surface area (Å²) < 4.78 is 0. The van der Waals surface area contributed by atoms with Gasteiger partial charge in [-0.2, -0.15) is 5.26 Å². The van der Waals surface area contributed by atoms with Crippen LogP contribution < -0.4 is 11.1 Å². The maximum atomic E-state index is 11.5. The zero-order valence-electron chi connectivity index (χ0n) is 9.13. The van der Waals surface area contributed by atoms with Gasteiger partial charge in [-0.05, 0) is 20.3 Å². The van der Waals surface area contributed by atoms with Gasteiger partial charge in [0, 0.05) is 6.54 Å². The fraction of sp³-hybridized carbons (Fsp3) is 0.800. The molecule has 0 fully saturated rings. The first-order chi connectivity index (χ1) is 6.44. The molecule has 0 radical (unpaired) electrons. The van der Waals surface area contributed by atoms with Gasteiger partial charge in [0.1, 0.15) is 0 Å². The molecule has 2 unspecified atom stereocenters. The maximum Gasteiger partial charge on any atom is 0.239 e. The van der Waals surface area contributed by atoms with Crippen molar-refractivity contribution in [2.24, 2.45) is 11.7 Å². The standard InChI is InChI=1S/C10H19N3O/c1-4-5-10(3,12)9(14)13-7-8(2)6-11/h8H,4-5,7,12H2,1-3H3,(H,13,14). The second-order valence-electron chi connectivity index (χ2n) is 3.91. The zero-order valence-corrected chi connectivity index (χ0v) is 9.13. The van der Waals surface area contributed by atoms with Gasteiger partial charge in [-0.15, -0.1) is 0 Å². The largest absolute Gasteiger partial charge is 0.353 e. The fourth-order valence-corrected chi connectivity index (χ4v) is 1.13. The number of nitrogens with two attached hydrogens (primary N) is 1. The summed E-state index contributed by atoms with van der Waals surface area (Å²) in [5.41, 5.74) is 4.99. The number of hydrogen-bond acceptors (Lipinski definition) is 3. The van der Waals surface area contributed by atoms with Crippen molar-refractivity contribution in [1.82, 2.24) is 5.32 Å². The SMILES string of the molecule is CCCC(C)(N)C(=O)NCC(C)C#N. The lowest BCUT2D eigenvalue weighted by Crippen LogP contribution is -2.52. The second-order valence-corrected chi connectivity index (χ2v) is 3.91. The predicted octanol–water partition coefficient (Wildman–Crippen LogP) is 0.780. The van der Waals surface area contributed by atoms with Gasteiger partial charge in [-0.3, -0.25) is 4.79 Å². The van der Waals surface area contributed by atoms with Crippen LogP contribution in [0.4, 0.5) is 0 Å². The highest BCUT2D eigenvalue weighted by Crippen LogP contribution is 2.08. The quantitative estimate of drug-likeness (QED) is 0.683. The van der Waals surface area contributed by atoms with E-state index in [1.165, 1.54) is 0 Å². The molecule has 0 aromatic rings. The van der Waals surface area contributed by atoms with E-state index in [9.17, 15) is 4.79 Å². The summed E-state index contributed by atoms with van der Waals surface area (Å²) in [6.07, 6.45) is 1.52. The number of amides is 1. The van der Waals surface area contributed by atoms with Crippen LogP contribution in [0.15, 0.2) is 0 Å². The van der Waals surface area contributed by atoms with Gasteiger partial charge in [0.25, 0.3) is 0 Å². The molecule has 4 nitrogen and oxygen atoms in total. The van der Waals surface area contributed by atoms with Crippen LogP contribution in [0.2, 0.25) is 0 Å². The third-order valence-electron chi connectivity index (χ3n) is 2.08. The number of hydrogen-bond donors (Lipinski definition) is 2. The summed E-state index contributed by atoms with van der Waals surface area (Å²) in [4.78, 5) is 11.5. The van der Waals surface area contributed by atoms with E-state index in [1.807, 2.05) is 13.0 Å². The Kier molecular flexibility index (Phi) is 5.18. The minimum atomic E-state index is -0.816. The Morgan fingerprint density at radius 3 is 2.71 bits per heavy atom. The Morgan fingerprint density at radius 1 is 1.71 bits per heavy atom. The highest BCUT2D eigenvalue weighted by Gasteiger charge is 2.26. The van der Waals surface area contributed by atoms with Gasteiger partial charge in [0.15, 0.2) is 0 Å². The average Bonchev–Trinajstić information content (AvgIpc) is 2.13. The lowest BCUT2D eigenvalue weighted by molar-refractivity contribution is -0.126. The number of carbonyl (C=O) groups excluding carboxylic acids is 1. The minimum absolute atomic E-state index is 0.170. The Balaban J connectivity index is 4.02. The van der Waals surface area contributed by atoms with E-state index >= 15 is 0 Å². The summed E-state index contributed by atoms with van der Waals surface area (Å²) in [5, 5.41) is 11.2. The van der Waals surface area contributed by atoms with Crippen LogP contribution in [0, 0.1) is 17.2 Å². The smallest absolute Gasteiger partial charge is 0.239 e. The lowest BCUT2D eigenvalue weighted by atomic mass is 9.96. The van der Waals surface area contributed by atoms with Gasteiger partial charge in [0.05, 0.1) is 17.5 Å².